The topological polar surface area (TPSA) is 45.6 Å². The highest BCUT2D eigenvalue weighted by atomic mass is 15.0. The van der Waals surface area contributed by atoms with Crippen molar-refractivity contribution >= 4 is 10.9 Å². The number of imidazole rings is 1. The van der Waals surface area contributed by atoms with Crippen molar-refractivity contribution in [2.45, 2.75) is 38.8 Å². The molecule has 1 aromatic carbocycles. The smallest absolute Gasteiger partial charge is 0.105 e. The van der Waals surface area contributed by atoms with Crippen molar-refractivity contribution in [3.05, 3.63) is 53.7 Å². The van der Waals surface area contributed by atoms with Crippen molar-refractivity contribution in [2.75, 3.05) is 6.54 Å². The van der Waals surface area contributed by atoms with Crippen molar-refractivity contribution in [1.29, 1.82) is 0 Å². The molecule has 1 fully saturated rings. The molecule has 1 aliphatic heterocycles. The number of rotatable bonds is 3. The Morgan fingerprint density at radius 3 is 3.00 bits per heavy atom. The molecule has 1 aliphatic rings. The monoisotopic (exact) mass is 294 g/mol. The normalized spacial score (nSPS) is 21.7. The Kier molecular flexibility index (Phi) is 3.26. The van der Waals surface area contributed by atoms with Gasteiger partial charge in [-0.1, -0.05) is 6.07 Å². The van der Waals surface area contributed by atoms with Gasteiger partial charge in [-0.3, -0.25) is 0 Å². The predicted molar refractivity (Wildman–Crippen MR) is 89.2 cm³/mol. The van der Waals surface area contributed by atoms with Gasteiger partial charge in [0.15, 0.2) is 0 Å². The molecule has 4 heteroatoms. The van der Waals surface area contributed by atoms with Crippen LogP contribution in [0.1, 0.15) is 36.2 Å². The maximum atomic E-state index is 4.30. The molecule has 4 nitrogen and oxygen atoms in total. The molecule has 3 aromatic rings. The molecule has 0 aliphatic carbocycles. The van der Waals surface area contributed by atoms with E-state index in [9.17, 15) is 0 Å². The number of nitrogens with one attached hydrogen (secondary N) is 2. The minimum Gasteiger partial charge on any atom is -0.361 e. The fourth-order valence-electron chi connectivity index (χ4n) is 3.57. The number of benzene rings is 1. The van der Waals surface area contributed by atoms with Crippen LogP contribution in [0.25, 0.3) is 10.9 Å². The number of nitrogens with zero attached hydrogens (tertiary/aromatic N) is 2. The maximum Gasteiger partial charge on any atom is 0.105 e. The summed E-state index contributed by atoms with van der Waals surface area (Å²) < 4.78 is 2.19. The Hall–Kier alpha value is -2.07. The second kappa shape index (κ2) is 5.29. The molecule has 2 atom stereocenters. The van der Waals surface area contributed by atoms with Crippen LogP contribution in [0.4, 0.5) is 0 Å². The Morgan fingerprint density at radius 1 is 1.36 bits per heavy atom. The third-order valence-corrected chi connectivity index (χ3v) is 4.85. The van der Waals surface area contributed by atoms with E-state index in [-0.39, 0.29) is 0 Å². The summed E-state index contributed by atoms with van der Waals surface area (Å²) in [5.74, 6) is 1.68. The predicted octanol–water partition coefficient (Wildman–Crippen LogP) is 3.19. The molecule has 114 valence electrons. The van der Waals surface area contributed by atoms with E-state index in [0.29, 0.717) is 12.0 Å². The molecular formula is C18H22N4. The Bertz CT molecular complexity index is 798. The first-order valence-electron chi connectivity index (χ1n) is 8.02. The largest absolute Gasteiger partial charge is 0.361 e. The average molecular weight is 294 g/mol. The van der Waals surface area contributed by atoms with Crippen molar-refractivity contribution in [1.82, 2.24) is 19.9 Å². The van der Waals surface area contributed by atoms with Gasteiger partial charge in [-0.25, -0.2) is 4.98 Å². The molecule has 3 heterocycles. The van der Waals surface area contributed by atoms with Crippen LogP contribution in [0.5, 0.6) is 0 Å². The van der Waals surface area contributed by atoms with Gasteiger partial charge in [-0.15, -0.1) is 0 Å². The first kappa shape index (κ1) is 13.6. The standard InChI is InChI=1S/C18H22N4/c1-12-7-15(9-20-12)17-10-21-18-4-3-14(8-16(17)18)11-22-6-5-19-13(22)2/h3-6,8,10,12,15,20-21H,7,9,11H2,1-2H3. The van der Waals surface area contributed by atoms with E-state index in [1.54, 1.807) is 0 Å². The molecule has 22 heavy (non-hydrogen) atoms. The van der Waals surface area contributed by atoms with Crippen molar-refractivity contribution in [3.8, 4) is 0 Å². The Labute approximate surface area is 130 Å². The fraction of sp³-hybridized carbons (Fsp3) is 0.389. The van der Waals surface area contributed by atoms with Crippen LogP contribution in [0.15, 0.2) is 36.8 Å². The van der Waals surface area contributed by atoms with E-state index < -0.39 is 0 Å². The lowest BCUT2D eigenvalue weighted by Crippen LogP contribution is -2.16. The molecular weight excluding hydrogens is 272 g/mol. The minimum atomic E-state index is 0.617. The molecule has 4 rings (SSSR count). The van der Waals surface area contributed by atoms with Gasteiger partial charge in [0.1, 0.15) is 5.82 Å². The van der Waals surface area contributed by atoms with Crippen LogP contribution >= 0.6 is 0 Å². The summed E-state index contributed by atoms with van der Waals surface area (Å²) in [4.78, 5) is 7.73. The molecule has 0 amide bonds. The second-order valence-corrected chi connectivity index (χ2v) is 6.47. The number of aromatic amines is 1. The lowest BCUT2D eigenvalue weighted by molar-refractivity contribution is 0.659. The molecule has 0 saturated carbocycles. The number of hydrogen-bond acceptors (Lipinski definition) is 2. The van der Waals surface area contributed by atoms with Gasteiger partial charge in [0, 0.05) is 48.6 Å². The molecule has 2 N–H and O–H groups in total. The summed E-state index contributed by atoms with van der Waals surface area (Å²) >= 11 is 0. The quantitative estimate of drug-likeness (QED) is 0.779. The van der Waals surface area contributed by atoms with Gasteiger partial charge in [-0.2, -0.15) is 0 Å². The summed E-state index contributed by atoms with van der Waals surface area (Å²) in [6.45, 7) is 6.28. The summed E-state index contributed by atoms with van der Waals surface area (Å²) in [7, 11) is 0. The Morgan fingerprint density at radius 2 is 2.27 bits per heavy atom. The summed E-state index contributed by atoms with van der Waals surface area (Å²) in [6, 6.07) is 7.36. The summed E-state index contributed by atoms with van der Waals surface area (Å²) in [5.41, 5.74) is 4.02. The molecule has 0 bridgehead atoms. The van der Waals surface area contributed by atoms with Crippen LogP contribution in [-0.4, -0.2) is 27.1 Å². The molecule has 0 spiro atoms. The number of hydrogen-bond donors (Lipinski definition) is 2. The highest BCUT2D eigenvalue weighted by molar-refractivity contribution is 5.84. The molecule has 0 radical (unpaired) electrons. The number of H-pyrrole nitrogens is 1. The van der Waals surface area contributed by atoms with E-state index in [0.717, 1.165) is 18.9 Å². The molecule has 1 saturated heterocycles. The van der Waals surface area contributed by atoms with Crippen molar-refractivity contribution in [2.24, 2.45) is 0 Å². The van der Waals surface area contributed by atoms with E-state index in [4.69, 9.17) is 0 Å². The van der Waals surface area contributed by atoms with Crippen LogP contribution in [-0.2, 0) is 6.54 Å². The Balaban J connectivity index is 1.69. The van der Waals surface area contributed by atoms with Crippen LogP contribution < -0.4 is 5.32 Å². The minimum absolute atomic E-state index is 0.617. The molecule has 2 unspecified atom stereocenters. The van der Waals surface area contributed by atoms with Crippen LogP contribution in [0.2, 0.25) is 0 Å². The third-order valence-electron chi connectivity index (χ3n) is 4.85. The zero-order chi connectivity index (χ0) is 15.1. The number of aryl methyl sites for hydroxylation is 1. The fourth-order valence-corrected chi connectivity index (χ4v) is 3.57. The highest BCUT2D eigenvalue weighted by Gasteiger charge is 2.24. The highest BCUT2D eigenvalue weighted by Crippen LogP contribution is 2.32. The van der Waals surface area contributed by atoms with Gasteiger partial charge >= 0.3 is 0 Å². The van der Waals surface area contributed by atoms with Gasteiger partial charge in [-0.05, 0) is 49.4 Å². The van der Waals surface area contributed by atoms with Gasteiger partial charge in [0.05, 0.1) is 0 Å². The maximum absolute atomic E-state index is 4.30. The summed E-state index contributed by atoms with van der Waals surface area (Å²) in [5, 5.41) is 4.93. The zero-order valence-corrected chi connectivity index (χ0v) is 13.1. The van der Waals surface area contributed by atoms with E-state index in [1.165, 1.54) is 28.5 Å². The second-order valence-electron chi connectivity index (χ2n) is 6.47. The van der Waals surface area contributed by atoms with Crippen molar-refractivity contribution in [3.63, 3.8) is 0 Å². The zero-order valence-electron chi connectivity index (χ0n) is 13.1. The van der Waals surface area contributed by atoms with Crippen LogP contribution in [0, 0.1) is 6.92 Å². The lowest BCUT2D eigenvalue weighted by Gasteiger charge is -2.09. The summed E-state index contributed by atoms with van der Waals surface area (Å²) in [6.07, 6.45) is 7.32. The lowest BCUT2D eigenvalue weighted by atomic mass is 9.95. The third kappa shape index (κ3) is 2.33. The van der Waals surface area contributed by atoms with Gasteiger partial charge in [0.2, 0.25) is 0 Å². The SMILES string of the molecule is Cc1nccn1Cc1ccc2[nH]cc(C3CNC(C)C3)c2c1. The first-order chi connectivity index (χ1) is 10.7. The number of aromatic nitrogens is 3. The van der Waals surface area contributed by atoms with Crippen molar-refractivity contribution < 1.29 is 0 Å². The van der Waals surface area contributed by atoms with Crippen LogP contribution in [0.3, 0.4) is 0 Å². The van der Waals surface area contributed by atoms with E-state index >= 15 is 0 Å². The van der Waals surface area contributed by atoms with E-state index in [1.807, 2.05) is 19.3 Å². The average Bonchev–Trinajstić information content (AvgIpc) is 3.20. The van der Waals surface area contributed by atoms with Gasteiger partial charge < -0.3 is 14.9 Å². The first-order valence-corrected chi connectivity index (χ1v) is 8.02. The molecule has 2 aromatic heterocycles. The van der Waals surface area contributed by atoms with E-state index in [2.05, 4.69) is 51.2 Å². The van der Waals surface area contributed by atoms with Gasteiger partial charge in [0.25, 0.3) is 0 Å². The number of fused-ring (bicyclic) bond motifs is 1.